The lowest BCUT2D eigenvalue weighted by Crippen LogP contribution is -2.35. The summed E-state index contributed by atoms with van der Waals surface area (Å²) in [6.45, 7) is 8.61. The molecular formula is C15H20N2S. The summed E-state index contributed by atoms with van der Waals surface area (Å²) in [5.41, 5.74) is 2.32. The van der Waals surface area contributed by atoms with Gasteiger partial charge in [0.15, 0.2) is 5.17 Å². The van der Waals surface area contributed by atoms with Gasteiger partial charge in [-0.1, -0.05) is 36.9 Å². The van der Waals surface area contributed by atoms with Crippen LogP contribution in [0, 0.1) is 0 Å². The fourth-order valence-electron chi connectivity index (χ4n) is 2.17. The zero-order valence-electron chi connectivity index (χ0n) is 11.5. The van der Waals surface area contributed by atoms with Crippen molar-refractivity contribution >= 4 is 22.6 Å². The van der Waals surface area contributed by atoms with Gasteiger partial charge < -0.3 is 0 Å². The van der Waals surface area contributed by atoms with Gasteiger partial charge in [-0.05, 0) is 44.7 Å². The maximum atomic E-state index is 4.84. The second-order valence-electron chi connectivity index (χ2n) is 4.94. The van der Waals surface area contributed by atoms with Crippen molar-refractivity contribution in [3.8, 4) is 0 Å². The van der Waals surface area contributed by atoms with Crippen LogP contribution in [0.5, 0.6) is 0 Å². The second-order valence-corrected chi connectivity index (χ2v) is 6.17. The minimum atomic E-state index is -0.104. The average molecular weight is 260 g/mol. The van der Waals surface area contributed by atoms with Crippen molar-refractivity contribution in [2.24, 2.45) is 4.99 Å². The first-order valence-corrected chi connectivity index (χ1v) is 7.29. The first kappa shape index (κ1) is 13.2. The van der Waals surface area contributed by atoms with Crippen LogP contribution in [0.1, 0.15) is 27.7 Å². The van der Waals surface area contributed by atoms with Crippen LogP contribution in [0.15, 0.2) is 47.1 Å². The highest BCUT2D eigenvalue weighted by Gasteiger charge is 2.26. The van der Waals surface area contributed by atoms with Crippen molar-refractivity contribution in [1.29, 1.82) is 0 Å². The summed E-state index contributed by atoms with van der Waals surface area (Å²) >= 11 is 1.80. The van der Waals surface area contributed by atoms with E-state index in [-0.39, 0.29) is 5.54 Å². The molecule has 0 fully saturated rings. The predicted molar refractivity (Wildman–Crippen MR) is 82.3 cm³/mol. The summed E-state index contributed by atoms with van der Waals surface area (Å²) in [4.78, 5) is 7.08. The van der Waals surface area contributed by atoms with E-state index in [2.05, 4.69) is 62.9 Å². The van der Waals surface area contributed by atoms with Gasteiger partial charge in [0.2, 0.25) is 0 Å². The van der Waals surface area contributed by atoms with E-state index in [0.29, 0.717) is 0 Å². The van der Waals surface area contributed by atoms with E-state index in [1.165, 1.54) is 11.4 Å². The van der Waals surface area contributed by atoms with E-state index in [1.54, 1.807) is 11.8 Å². The molecule has 1 aromatic rings. The first-order chi connectivity index (χ1) is 8.53. The third kappa shape index (κ3) is 2.78. The maximum Gasteiger partial charge on any atom is 0.168 e. The van der Waals surface area contributed by atoms with Crippen molar-refractivity contribution in [2.45, 2.75) is 33.2 Å². The summed E-state index contributed by atoms with van der Waals surface area (Å²) in [5.74, 6) is 1.03. The molecule has 0 spiro atoms. The second kappa shape index (κ2) is 5.19. The molecule has 18 heavy (non-hydrogen) atoms. The summed E-state index contributed by atoms with van der Waals surface area (Å²) in [5, 5.41) is 1.09. The van der Waals surface area contributed by atoms with Crippen LogP contribution in [0.25, 0.3) is 0 Å². The van der Waals surface area contributed by atoms with Gasteiger partial charge >= 0.3 is 0 Å². The van der Waals surface area contributed by atoms with Crippen LogP contribution < -0.4 is 4.90 Å². The smallest absolute Gasteiger partial charge is 0.168 e. The lowest BCUT2D eigenvalue weighted by molar-refractivity contribution is 0.642. The Morgan fingerprint density at radius 2 is 1.89 bits per heavy atom. The molecule has 1 heterocycles. The Balaban J connectivity index is 2.42. The van der Waals surface area contributed by atoms with Gasteiger partial charge in [0.1, 0.15) is 0 Å². The van der Waals surface area contributed by atoms with Crippen LogP contribution >= 0.6 is 11.8 Å². The van der Waals surface area contributed by atoms with E-state index in [9.17, 15) is 0 Å². The van der Waals surface area contributed by atoms with Crippen molar-refractivity contribution in [2.75, 3.05) is 10.7 Å². The summed E-state index contributed by atoms with van der Waals surface area (Å²) in [6.07, 6.45) is 2.22. The Morgan fingerprint density at radius 3 is 2.50 bits per heavy atom. The van der Waals surface area contributed by atoms with Crippen molar-refractivity contribution < 1.29 is 0 Å². The van der Waals surface area contributed by atoms with E-state index in [1.807, 2.05) is 6.07 Å². The highest BCUT2D eigenvalue weighted by atomic mass is 32.2. The SMILES string of the molecule is CCSC1=NC(C)(C)C=C(C)N1c1ccccc1. The number of anilines is 1. The third-order valence-corrected chi connectivity index (χ3v) is 3.60. The van der Waals surface area contributed by atoms with Gasteiger partial charge in [0.05, 0.1) is 5.54 Å². The lowest BCUT2D eigenvalue weighted by atomic mass is 10.0. The molecule has 0 unspecified atom stereocenters. The molecule has 1 aliphatic heterocycles. The van der Waals surface area contributed by atoms with Crippen molar-refractivity contribution in [3.05, 3.63) is 42.1 Å². The minimum Gasteiger partial charge on any atom is -0.294 e. The number of hydrogen-bond donors (Lipinski definition) is 0. The molecule has 0 radical (unpaired) electrons. The van der Waals surface area contributed by atoms with Crippen LogP contribution in [0.3, 0.4) is 0 Å². The topological polar surface area (TPSA) is 15.6 Å². The van der Waals surface area contributed by atoms with Gasteiger partial charge in [-0.2, -0.15) is 0 Å². The number of allylic oxidation sites excluding steroid dienone is 1. The van der Waals surface area contributed by atoms with E-state index in [0.717, 1.165) is 10.9 Å². The molecule has 0 atom stereocenters. The zero-order valence-corrected chi connectivity index (χ0v) is 12.3. The van der Waals surface area contributed by atoms with Crippen LogP contribution in [-0.4, -0.2) is 16.5 Å². The Labute approximate surface area is 114 Å². The monoisotopic (exact) mass is 260 g/mol. The van der Waals surface area contributed by atoms with Crippen molar-refractivity contribution in [3.63, 3.8) is 0 Å². The number of thioether (sulfide) groups is 1. The molecular weight excluding hydrogens is 240 g/mol. The summed E-state index contributed by atoms with van der Waals surface area (Å²) in [7, 11) is 0. The number of hydrogen-bond acceptors (Lipinski definition) is 3. The molecule has 0 aromatic heterocycles. The highest BCUT2D eigenvalue weighted by Crippen LogP contribution is 2.31. The molecule has 2 nitrogen and oxygen atoms in total. The minimum absolute atomic E-state index is 0.104. The first-order valence-electron chi connectivity index (χ1n) is 6.31. The molecule has 1 aromatic carbocycles. The van der Waals surface area contributed by atoms with Crippen LogP contribution in [0.4, 0.5) is 5.69 Å². The van der Waals surface area contributed by atoms with Crippen LogP contribution in [-0.2, 0) is 0 Å². The highest BCUT2D eigenvalue weighted by molar-refractivity contribution is 8.14. The summed E-state index contributed by atoms with van der Waals surface area (Å²) < 4.78 is 0. The molecule has 3 heteroatoms. The van der Waals surface area contributed by atoms with Gasteiger partial charge in [0.25, 0.3) is 0 Å². The van der Waals surface area contributed by atoms with E-state index < -0.39 is 0 Å². The molecule has 0 saturated heterocycles. The fourth-order valence-corrected chi connectivity index (χ4v) is 3.11. The molecule has 2 rings (SSSR count). The van der Waals surface area contributed by atoms with Crippen LogP contribution in [0.2, 0.25) is 0 Å². The Morgan fingerprint density at radius 1 is 1.22 bits per heavy atom. The van der Waals surface area contributed by atoms with Gasteiger partial charge in [-0.3, -0.25) is 9.89 Å². The third-order valence-electron chi connectivity index (χ3n) is 2.78. The van der Waals surface area contributed by atoms with E-state index >= 15 is 0 Å². The standard InChI is InChI=1S/C15H20N2S/c1-5-18-14-16-15(3,4)11-12(2)17(14)13-9-7-6-8-10-13/h6-11H,5H2,1-4H3. The zero-order chi connectivity index (χ0) is 13.2. The predicted octanol–water partition coefficient (Wildman–Crippen LogP) is 4.30. The normalized spacial score (nSPS) is 18.3. The van der Waals surface area contributed by atoms with Gasteiger partial charge in [-0.15, -0.1) is 0 Å². The Kier molecular flexibility index (Phi) is 3.81. The lowest BCUT2D eigenvalue weighted by Gasteiger charge is -2.34. The van der Waals surface area contributed by atoms with Gasteiger partial charge in [-0.25, -0.2) is 0 Å². The number of benzene rings is 1. The fraction of sp³-hybridized carbons (Fsp3) is 0.400. The quantitative estimate of drug-likeness (QED) is 0.788. The van der Waals surface area contributed by atoms with Crippen molar-refractivity contribution in [1.82, 2.24) is 0 Å². The maximum absolute atomic E-state index is 4.84. The average Bonchev–Trinajstić information content (AvgIpc) is 2.28. The number of amidine groups is 1. The largest absolute Gasteiger partial charge is 0.294 e. The number of rotatable bonds is 2. The molecule has 1 aliphatic rings. The summed E-state index contributed by atoms with van der Waals surface area (Å²) in [6, 6.07) is 10.4. The number of nitrogens with zero attached hydrogens (tertiary/aromatic N) is 2. The van der Waals surface area contributed by atoms with E-state index in [4.69, 9.17) is 4.99 Å². The molecule has 0 amide bonds. The number of para-hydroxylation sites is 1. The number of aliphatic imine (C=N–C) groups is 1. The molecule has 96 valence electrons. The molecule has 0 N–H and O–H groups in total. The van der Waals surface area contributed by atoms with Gasteiger partial charge in [0, 0.05) is 11.4 Å². The molecule has 0 saturated carbocycles. The Bertz CT molecular complexity index is 475. The Hall–Kier alpha value is -1.22. The molecule has 0 bridgehead atoms. The molecule has 0 aliphatic carbocycles.